The van der Waals surface area contributed by atoms with Crippen molar-refractivity contribution in [1.82, 2.24) is 15.6 Å². The lowest BCUT2D eigenvalue weighted by Crippen LogP contribution is -2.58. The number of benzene rings is 1. The fraction of sp³-hybridized carbons (Fsp3) is 0.536. The number of fused-ring (bicyclic) bond motifs is 1. The first kappa shape index (κ1) is 24.4. The molecule has 1 aromatic carbocycles. The third-order valence-electron chi connectivity index (χ3n) is 8.47. The first-order valence-electron chi connectivity index (χ1n) is 12.5. The predicted molar refractivity (Wildman–Crippen MR) is 132 cm³/mol. The molecule has 0 bridgehead atoms. The number of amides is 2. The third kappa shape index (κ3) is 5.02. The van der Waals surface area contributed by atoms with Crippen molar-refractivity contribution in [3.05, 3.63) is 66.0 Å². The number of carbonyl (C=O) groups is 2. The van der Waals surface area contributed by atoms with Crippen LogP contribution in [0.1, 0.15) is 62.5 Å². The van der Waals surface area contributed by atoms with Crippen LogP contribution < -0.4 is 10.6 Å². The largest absolute Gasteiger partial charge is 0.392 e. The van der Waals surface area contributed by atoms with Gasteiger partial charge in [0.15, 0.2) is 0 Å². The number of carbonyl (C=O) groups excluding carboxylic acids is 2. The van der Waals surface area contributed by atoms with Crippen molar-refractivity contribution in [3.8, 4) is 0 Å². The summed E-state index contributed by atoms with van der Waals surface area (Å²) in [5.41, 5.74) is 1.49. The van der Waals surface area contributed by atoms with Crippen LogP contribution >= 0.6 is 0 Å². The van der Waals surface area contributed by atoms with E-state index in [9.17, 15) is 14.7 Å². The number of nitrogens with one attached hydrogen (secondary N) is 2. The monoisotopic (exact) mass is 463 g/mol. The van der Waals surface area contributed by atoms with E-state index in [0.717, 1.165) is 31.4 Å². The van der Waals surface area contributed by atoms with E-state index in [1.165, 1.54) is 0 Å². The Morgan fingerprint density at radius 2 is 1.82 bits per heavy atom. The summed E-state index contributed by atoms with van der Waals surface area (Å²) in [5, 5.41) is 17.8. The van der Waals surface area contributed by atoms with E-state index in [1.807, 2.05) is 55.5 Å². The van der Waals surface area contributed by atoms with Gasteiger partial charge >= 0.3 is 0 Å². The second-order valence-electron chi connectivity index (χ2n) is 10.5. The summed E-state index contributed by atoms with van der Waals surface area (Å²) in [6.07, 6.45) is 4.83. The molecule has 2 aliphatic rings. The van der Waals surface area contributed by atoms with Crippen molar-refractivity contribution in [3.63, 3.8) is 0 Å². The molecule has 6 heteroatoms. The minimum Gasteiger partial charge on any atom is -0.392 e. The van der Waals surface area contributed by atoms with Gasteiger partial charge < -0.3 is 15.7 Å². The number of hydrogen-bond acceptors (Lipinski definition) is 4. The molecule has 2 aliphatic carbocycles. The lowest BCUT2D eigenvalue weighted by Gasteiger charge is -2.56. The molecule has 6 nitrogen and oxygen atoms in total. The number of aliphatic hydroxyl groups excluding tert-OH is 1. The molecule has 2 saturated carbocycles. The zero-order valence-corrected chi connectivity index (χ0v) is 20.4. The van der Waals surface area contributed by atoms with Crippen LogP contribution in [-0.2, 0) is 11.3 Å². The predicted octanol–water partition coefficient (Wildman–Crippen LogP) is 3.96. The Morgan fingerprint density at radius 3 is 2.53 bits per heavy atom. The highest BCUT2D eigenvalue weighted by molar-refractivity contribution is 5.94. The van der Waals surface area contributed by atoms with Crippen molar-refractivity contribution in [2.75, 3.05) is 0 Å². The Labute approximate surface area is 202 Å². The Bertz CT molecular complexity index is 983. The quantitative estimate of drug-likeness (QED) is 0.605. The topological polar surface area (TPSA) is 91.3 Å². The van der Waals surface area contributed by atoms with E-state index in [2.05, 4.69) is 29.5 Å². The van der Waals surface area contributed by atoms with Gasteiger partial charge in [-0.3, -0.25) is 14.6 Å². The van der Waals surface area contributed by atoms with Crippen molar-refractivity contribution < 1.29 is 14.7 Å². The fourth-order valence-corrected chi connectivity index (χ4v) is 6.37. The van der Waals surface area contributed by atoms with Crippen LogP contribution in [0, 0.1) is 29.1 Å². The zero-order valence-electron chi connectivity index (χ0n) is 20.4. The van der Waals surface area contributed by atoms with E-state index in [4.69, 9.17) is 0 Å². The summed E-state index contributed by atoms with van der Waals surface area (Å²) < 4.78 is 0. The maximum atomic E-state index is 12.9. The number of rotatable bonds is 6. The molecular formula is C28H37N3O3. The second kappa shape index (κ2) is 10.3. The van der Waals surface area contributed by atoms with Crippen LogP contribution in [0.5, 0.6) is 0 Å². The first-order chi connectivity index (χ1) is 16.3. The summed E-state index contributed by atoms with van der Waals surface area (Å²) in [6, 6.07) is 14.9. The molecule has 34 heavy (non-hydrogen) atoms. The highest BCUT2D eigenvalue weighted by atomic mass is 16.3. The Morgan fingerprint density at radius 1 is 1.12 bits per heavy atom. The van der Waals surface area contributed by atoms with Gasteiger partial charge in [0.05, 0.1) is 18.3 Å². The van der Waals surface area contributed by atoms with Gasteiger partial charge in [0.25, 0.3) is 5.91 Å². The molecule has 7 unspecified atom stereocenters. The molecule has 2 aromatic rings. The van der Waals surface area contributed by atoms with Gasteiger partial charge in [0, 0.05) is 23.7 Å². The second-order valence-corrected chi connectivity index (χ2v) is 10.5. The number of nitrogens with zero attached hydrogens (tertiary/aromatic N) is 1. The average Bonchev–Trinajstić information content (AvgIpc) is 2.85. The third-order valence-corrected chi connectivity index (χ3v) is 8.47. The lowest BCUT2D eigenvalue weighted by molar-refractivity contribution is -0.142. The van der Waals surface area contributed by atoms with E-state index in [0.29, 0.717) is 12.1 Å². The van der Waals surface area contributed by atoms with Gasteiger partial charge in [-0.15, -0.1) is 0 Å². The van der Waals surface area contributed by atoms with Crippen LogP contribution in [0.2, 0.25) is 0 Å². The van der Waals surface area contributed by atoms with Gasteiger partial charge in [0.1, 0.15) is 0 Å². The van der Waals surface area contributed by atoms with Crippen LogP contribution in [0.15, 0.2) is 54.7 Å². The summed E-state index contributed by atoms with van der Waals surface area (Å²) >= 11 is 0. The summed E-state index contributed by atoms with van der Waals surface area (Å²) in [5.74, 6) is -0.358. The SMILES string of the molecule is CC(C(=O)NCc1ccccn1)C1CCC2(C)CCC(NC(=O)c3ccccc3)C(C)C2C1O. The lowest BCUT2D eigenvalue weighted by atomic mass is 9.51. The van der Waals surface area contributed by atoms with Crippen LogP contribution in [0.25, 0.3) is 0 Å². The average molecular weight is 464 g/mol. The number of aliphatic hydroxyl groups is 1. The van der Waals surface area contributed by atoms with Crippen LogP contribution in [-0.4, -0.2) is 34.1 Å². The zero-order chi connectivity index (χ0) is 24.3. The van der Waals surface area contributed by atoms with E-state index >= 15 is 0 Å². The molecule has 182 valence electrons. The van der Waals surface area contributed by atoms with Crippen LogP contribution in [0.3, 0.4) is 0 Å². The molecule has 3 N–H and O–H groups in total. The molecule has 1 heterocycles. The summed E-state index contributed by atoms with van der Waals surface area (Å²) in [6.45, 7) is 6.73. The van der Waals surface area contributed by atoms with E-state index < -0.39 is 6.10 Å². The minimum atomic E-state index is -0.583. The summed E-state index contributed by atoms with van der Waals surface area (Å²) in [7, 11) is 0. The van der Waals surface area contributed by atoms with Crippen molar-refractivity contribution >= 4 is 11.8 Å². The smallest absolute Gasteiger partial charge is 0.251 e. The molecule has 0 saturated heterocycles. The standard InChI is InChI=1S/C28H37N3O3/c1-18(26(33)30-17-21-11-7-8-16-29-21)22-12-14-28(3)15-13-23(19(2)24(28)25(22)32)31-27(34)20-9-5-4-6-10-20/h4-11,16,18-19,22-25,32H,12-15,17H2,1-3H3,(H,30,33)(H,31,34). The molecule has 1 aromatic heterocycles. The molecule has 2 fully saturated rings. The summed E-state index contributed by atoms with van der Waals surface area (Å²) in [4.78, 5) is 30.0. The number of hydrogen-bond donors (Lipinski definition) is 3. The maximum absolute atomic E-state index is 12.9. The van der Waals surface area contributed by atoms with Crippen molar-refractivity contribution in [2.24, 2.45) is 29.1 Å². The highest BCUT2D eigenvalue weighted by Gasteiger charge is 2.53. The minimum absolute atomic E-state index is 0.00692. The highest BCUT2D eigenvalue weighted by Crippen LogP contribution is 2.55. The first-order valence-corrected chi connectivity index (χ1v) is 12.5. The molecule has 0 radical (unpaired) electrons. The molecule has 7 atom stereocenters. The van der Waals surface area contributed by atoms with Gasteiger partial charge in [-0.25, -0.2) is 0 Å². The van der Waals surface area contributed by atoms with Crippen molar-refractivity contribution in [1.29, 1.82) is 0 Å². The van der Waals surface area contributed by atoms with E-state index in [1.54, 1.807) is 6.20 Å². The Kier molecular flexibility index (Phi) is 7.36. The van der Waals surface area contributed by atoms with Gasteiger partial charge in [-0.2, -0.15) is 0 Å². The molecule has 0 aliphatic heterocycles. The number of pyridine rings is 1. The van der Waals surface area contributed by atoms with Gasteiger partial charge in [0.2, 0.25) is 5.91 Å². The molecular weight excluding hydrogens is 426 g/mol. The van der Waals surface area contributed by atoms with Crippen LogP contribution in [0.4, 0.5) is 0 Å². The normalized spacial score (nSPS) is 31.7. The fourth-order valence-electron chi connectivity index (χ4n) is 6.37. The van der Waals surface area contributed by atoms with Crippen molar-refractivity contribution in [2.45, 2.75) is 65.1 Å². The van der Waals surface area contributed by atoms with E-state index in [-0.39, 0.29) is 46.9 Å². The van der Waals surface area contributed by atoms with Gasteiger partial charge in [-0.05, 0) is 73.1 Å². The van der Waals surface area contributed by atoms with Gasteiger partial charge in [-0.1, -0.05) is 45.0 Å². The maximum Gasteiger partial charge on any atom is 0.251 e. The molecule has 4 rings (SSSR count). The molecule has 2 amide bonds. The number of aromatic nitrogens is 1. The Hall–Kier alpha value is -2.73. The Balaban J connectivity index is 1.42. The molecule has 0 spiro atoms.